The van der Waals surface area contributed by atoms with Crippen molar-refractivity contribution in [3.8, 4) is 0 Å². The summed E-state index contributed by atoms with van der Waals surface area (Å²) in [5, 5.41) is 13.0. The Kier molecular flexibility index (Phi) is 3.88. The van der Waals surface area contributed by atoms with Crippen LogP contribution < -0.4 is 10.2 Å². The second-order valence-corrected chi connectivity index (χ2v) is 6.78. The van der Waals surface area contributed by atoms with Crippen molar-refractivity contribution < 1.29 is 9.90 Å². The summed E-state index contributed by atoms with van der Waals surface area (Å²) in [6.07, 6.45) is -0.0825. The van der Waals surface area contributed by atoms with Crippen molar-refractivity contribution in [3.05, 3.63) is 55.6 Å². The number of carbonyl (C=O) groups excluding carboxylic acids is 1. The summed E-state index contributed by atoms with van der Waals surface area (Å²) in [6.45, 7) is 3.69. The maximum Gasteiger partial charge on any atom is 0.308 e. The van der Waals surface area contributed by atoms with Gasteiger partial charge in [-0.3, -0.25) is 14.2 Å². The number of hydrogen-bond donors (Lipinski definition) is 2. The van der Waals surface area contributed by atoms with Crippen molar-refractivity contribution in [1.82, 2.24) is 9.88 Å². The molecule has 1 heterocycles. The molecule has 0 spiro atoms. The standard InChI is InChI=1S/C16H18N2O3S/c1-9-10(2)22-16(21)18(9)8-14(20)17-15-12-6-4-3-5-11(12)7-13(15)19/h3-6,13,15,19H,7-8H2,1-2H3,(H,17,20)/t13-,15+/m1/s1. The van der Waals surface area contributed by atoms with Crippen LogP contribution in [0.15, 0.2) is 29.1 Å². The van der Waals surface area contributed by atoms with E-state index in [9.17, 15) is 14.7 Å². The zero-order valence-corrected chi connectivity index (χ0v) is 13.3. The van der Waals surface area contributed by atoms with Gasteiger partial charge in [-0.15, -0.1) is 0 Å². The summed E-state index contributed by atoms with van der Waals surface area (Å²) in [7, 11) is 0. The van der Waals surface area contributed by atoms with Gasteiger partial charge in [-0.05, 0) is 25.0 Å². The van der Waals surface area contributed by atoms with Crippen LogP contribution in [0.1, 0.15) is 27.7 Å². The first-order chi connectivity index (χ1) is 10.5. The summed E-state index contributed by atoms with van der Waals surface area (Å²) in [5.74, 6) is -0.260. The van der Waals surface area contributed by atoms with Gasteiger partial charge in [0.1, 0.15) is 6.54 Å². The lowest BCUT2D eigenvalue weighted by Crippen LogP contribution is -2.37. The van der Waals surface area contributed by atoms with Gasteiger partial charge in [0.25, 0.3) is 0 Å². The zero-order valence-electron chi connectivity index (χ0n) is 12.5. The van der Waals surface area contributed by atoms with E-state index < -0.39 is 12.1 Å². The summed E-state index contributed by atoms with van der Waals surface area (Å²) >= 11 is 1.15. The Bertz CT molecular complexity index is 778. The highest BCUT2D eigenvalue weighted by atomic mass is 32.1. The van der Waals surface area contributed by atoms with Gasteiger partial charge in [0, 0.05) is 17.0 Å². The van der Waals surface area contributed by atoms with Gasteiger partial charge >= 0.3 is 4.87 Å². The van der Waals surface area contributed by atoms with Crippen LogP contribution in [0.5, 0.6) is 0 Å². The summed E-state index contributed by atoms with van der Waals surface area (Å²) in [4.78, 5) is 24.9. The van der Waals surface area contributed by atoms with Crippen LogP contribution in [0, 0.1) is 13.8 Å². The van der Waals surface area contributed by atoms with E-state index in [1.807, 2.05) is 38.1 Å². The van der Waals surface area contributed by atoms with Crippen molar-refractivity contribution in [3.63, 3.8) is 0 Å². The first-order valence-electron chi connectivity index (χ1n) is 7.19. The average Bonchev–Trinajstić information content (AvgIpc) is 2.91. The molecule has 0 saturated heterocycles. The van der Waals surface area contributed by atoms with E-state index in [0.29, 0.717) is 6.42 Å². The average molecular weight is 318 g/mol. The molecule has 0 unspecified atom stereocenters. The zero-order chi connectivity index (χ0) is 15.9. The van der Waals surface area contributed by atoms with Gasteiger partial charge in [-0.2, -0.15) is 0 Å². The SMILES string of the molecule is Cc1sc(=O)n(CC(=O)N[C@H]2c3ccccc3C[C@H]2O)c1C. The molecule has 116 valence electrons. The van der Waals surface area contributed by atoms with Crippen LogP contribution >= 0.6 is 11.3 Å². The third-order valence-electron chi connectivity index (χ3n) is 4.20. The number of hydrogen-bond acceptors (Lipinski definition) is 4. The molecule has 1 aliphatic carbocycles. The molecule has 0 fully saturated rings. The molecule has 1 aromatic heterocycles. The summed E-state index contributed by atoms with van der Waals surface area (Å²) < 4.78 is 1.47. The highest BCUT2D eigenvalue weighted by Crippen LogP contribution is 2.31. The third kappa shape index (κ3) is 2.60. The number of aryl methyl sites for hydroxylation is 1. The lowest BCUT2D eigenvalue weighted by atomic mass is 10.1. The Morgan fingerprint density at radius 1 is 1.41 bits per heavy atom. The maximum absolute atomic E-state index is 12.3. The quantitative estimate of drug-likeness (QED) is 0.896. The van der Waals surface area contributed by atoms with E-state index in [0.717, 1.165) is 33.0 Å². The molecule has 1 aliphatic rings. The molecule has 5 nitrogen and oxygen atoms in total. The minimum Gasteiger partial charge on any atom is -0.390 e. The molecular weight excluding hydrogens is 300 g/mol. The molecule has 0 bridgehead atoms. The highest BCUT2D eigenvalue weighted by Gasteiger charge is 2.31. The van der Waals surface area contributed by atoms with E-state index in [4.69, 9.17) is 0 Å². The number of rotatable bonds is 3. The number of amides is 1. The van der Waals surface area contributed by atoms with E-state index >= 15 is 0 Å². The fourth-order valence-electron chi connectivity index (χ4n) is 2.88. The van der Waals surface area contributed by atoms with Gasteiger partial charge in [0.2, 0.25) is 5.91 Å². The largest absolute Gasteiger partial charge is 0.390 e. The minimum atomic E-state index is -0.622. The summed E-state index contributed by atoms with van der Waals surface area (Å²) in [6, 6.07) is 7.30. The first kappa shape index (κ1) is 15.0. The molecule has 2 aromatic rings. The molecule has 2 N–H and O–H groups in total. The smallest absolute Gasteiger partial charge is 0.308 e. The Morgan fingerprint density at radius 3 is 2.82 bits per heavy atom. The number of aliphatic hydroxyl groups is 1. The Morgan fingerprint density at radius 2 is 2.14 bits per heavy atom. The number of carbonyl (C=O) groups is 1. The molecule has 1 amide bonds. The molecule has 0 saturated carbocycles. The number of fused-ring (bicyclic) bond motifs is 1. The molecule has 6 heteroatoms. The molecule has 22 heavy (non-hydrogen) atoms. The van der Waals surface area contributed by atoms with Crippen LogP contribution in [-0.4, -0.2) is 21.7 Å². The molecular formula is C16H18N2O3S. The van der Waals surface area contributed by atoms with Crippen LogP contribution in [0.25, 0.3) is 0 Å². The van der Waals surface area contributed by atoms with Crippen molar-refractivity contribution in [2.75, 3.05) is 0 Å². The van der Waals surface area contributed by atoms with Gasteiger partial charge in [-0.1, -0.05) is 35.6 Å². The monoisotopic (exact) mass is 318 g/mol. The molecule has 0 radical (unpaired) electrons. The predicted octanol–water partition coefficient (Wildman–Crippen LogP) is 1.30. The first-order valence-corrected chi connectivity index (χ1v) is 8.01. The summed E-state index contributed by atoms with van der Waals surface area (Å²) in [5.41, 5.74) is 2.83. The predicted molar refractivity (Wildman–Crippen MR) is 85.1 cm³/mol. The molecule has 2 atom stereocenters. The normalized spacial score (nSPS) is 20.0. The van der Waals surface area contributed by atoms with E-state index in [1.165, 1.54) is 4.57 Å². The van der Waals surface area contributed by atoms with Crippen molar-refractivity contribution >= 4 is 17.2 Å². The fourth-order valence-corrected chi connectivity index (χ4v) is 3.71. The third-order valence-corrected chi connectivity index (χ3v) is 5.19. The van der Waals surface area contributed by atoms with Gasteiger partial charge < -0.3 is 10.4 Å². The Balaban J connectivity index is 1.76. The van der Waals surface area contributed by atoms with Gasteiger partial charge in [-0.25, -0.2) is 0 Å². The molecule has 1 aromatic carbocycles. The molecule has 0 aliphatic heterocycles. The second kappa shape index (κ2) is 5.70. The van der Waals surface area contributed by atoms with E-state index in [-0.39, 0.29) is 17.3 Å². The number of thiazole rings is 1. The molecule has 3 rings (SSSR count). The second-order valence-electron chi connectivity index (χ2n) is 5.61. The maximum atomic E-state index is 12.3. The van der Waals surface area contributed by atoms with Crippen LogP contribution in [0.3, 0.4) is 0 Å². The number of nitrogens with one attached hydrogen (secondary N) is 1. The topological polar surface area (TPSA) is 71.3 Å². The van der Waals surface area contributed by atoms with Gasteiger partial charge in [0.15, 0.2) is 0 Å². The number of nitrogens with zero attached hydrogens (tertiary/aromatic N) is 1. The fraction of sp³-hybridized carbons (Fsp3) is 0.375. The van der Waals surface area contributed by atoms with Crippen molar-refractivity contribution in [1.29, 1.82) is 0 Å². The van der Waals surface area contributed by atoms with Crippen LogP contribution in [-0.2, 0) is 17.8 Å². The van der Waals surface area contributed by atoms with Gasteiger partial charge in [0.05, 0.1) is 12.1 Å². The minimum absolute atomic E-state index is 0.0135. The Labute approximate surface area is 132 Å². The lowest BCUT2D eigenvalue weighted by molar-refractivity contribution is -0.123. The highest BCUT2D eigenvalue weighted by molar-refractivity contribution is 7.09. The van der Waals surface area contributed by atoms with Crippen LogP contribution in [0.2, 0.25) is 0 Å². The Hall–Kier alpha value is -1.92. The van der Waals surface area contributed by atoms with Crippen LogP contribution in [0.4, 0.5) is 0 Å². The lowest BCUT2D eigenvalue weighted by Gasteiger charge is -2.18. The van der Waals surface area contributed by atoms with E-state index in [2.05, 4.69) is 5.32 Å². The number of aliphatic hydroxyl groups excluding tert-OH is 1. The van der Waals surface area contributed by atoms with E-state index in [1.54, 1.807) is 0 Å². The van der Waals surface area contributed by atoms with Crippen molar-refractivity contribution in [2.45, 2.75) is 39.0 Å². The number of benzene rings is 1. The number of aromatic nitrogens is 1. The van der Waals surface area contributed by atoms with Crippen molar-refractivity contribution in [2.24, 2.45) is 0 Å².